The Hall–Kier alpha value is -3.45. The fourth-order valence-electron chi connectivity index (χ4n) is 4.03. The molecule has 1 amide bonds. The quantitative estimate of drug-likeness (QED) is 0.463. The zero-order valence-corrected chi connectivity index (χ0v) is 20.1. The van der Waals surface area contributed by atoms with Crippen molar-refractivity contribution in [1.82, 2.24) is 9.13 Å². The van der Waals surface area contributed by atoms with Gasteiger partial charge in [0.25, 0.3) is 5.56 Å². The summed E-state index contributed by atoms with van der Waals surface area (Å²) in [6.07, 6.45) is 0.785. The van der Waals surface area contributed by atoms with Crippen LogP contribution in [-0.4, -0.2) is 15.0 Å². The Bertz CT molecular complexity index is 1480. The van der Waals surface area contributed by atoms with Crippen LogP contribution in [0, 0.1) is 20.8 Å². The molecule has 0 spiro atoms. The van der Waals surface area contributed by atoms with Crippen LogP contribution in [0.5, 0.6) is 0 Å². The molecule has 2 aromatic heterocycles. The normalized spacial score (nSPS) is 11.2. The Morgan fingerprint density at radius 2 is 1.76 bits per heavy atom. The van der Waals surface area contributed by atoms with E-state index in [1.54, 1.807) is 11.4 Å². The van der Waals surface area contributed by atoms with Crippen LogP contribution in [0.4, 0.5) is 5.69 Å². The standard InChI is InChI=1S/C26H27N3O3S/c1-5-20-8-6-7-17(3)23(20)27-22(30)15-28-21-11-12-33-24(21)25(31)29(26(28)32)14-19-10-9-16(2)18(4)13-19/h6-13H,5,14-15H2,1-4H3,(H,27,30). The highest BCUT2D eigenvalue weighted by atomic mass is 32.1. The summed E-state index contributed by atoms with van der Waals surface area (Å²) in [4.78, 5) is 39.5. The first-order valence-corrected chi connectivity index (χ1v) is 11.8. The number of para-hydroxylation sites is 1. The molecular formula is C26H27N3O3S. The lowest BCUT2D eigenvalue weighted by Crippen LogP contribution is -2.41. The summed E-state index contributed by atoms with van der Waals surface area (Å²) >= 11 is 1.28. The lowest BCUT2D eigenvalue weighted by atomic mass is 10.1. The molecule has 4 rings (SSSR count). The first-order valence-electron chi connectivity index (χ1n) is 11.0. The molecule has 0 fully saturated rings. The molecule has 0 bridgehead atoms. The van der Waals surface area contributed by atoms with Crippen LogP contribution in [-0.2, 0) is 24.3 Å². The number of nitrogens with one attached hydrogen (secondary N) is 1. The molecule has 0 aliphatic carbocycles. The van der Waals surface area contributed by atoms with E-state index in [1.165, 1.54) is 20.5 Å². The molecule has 0 radical (unpaired) electrons. The maximum Gasteiger partial charge on any atom is 0.332 e. The number of aryl methyl sites for hydroxylation is 4. The number of carbonyl (C=O) groups is 1. The molecule has 1 N–H and O–H groups in total. The van der Waals surface area contributed by atoms with Gasteiger partial charge in [0.05, 0.1) is 12.1 Å². The van der Waals surface area contributed by atoms with Crippen molar-refractivity contribution in [3.63, 3.8) is 0 Å². The molecule has 0 saturated heterocycles. The smallest absolute Gasteiger partial charge is 0.324 e. The molecule has 0 saturated carbocycles. The minimum Gasteiger partial charge on any atom is -0.324 e. The van der Waals surface area contributed by atoms with Crippen molar-refractivity contribution in [3.8, 4) is 0 Å². The summed E-state index contributed by atoms with van der Waals surface area (Å²) in [7, 11) is 0. The van der Waals surface area contributed by atoms with Gasteiger partial charge in [-0.25, -0.2) is 4.79 Å². The van der Waals surface area contributed by atoms with E-state index in [0.29, 0.717) is 10.2 Å². The Balaban J connectivity index is 1.73. The van der Waals surface area contributed by atoms with Crippen molar-refractivity contribution in [3.05, 3.63) is 96.5 Å². The number of carbonyl (C=O) groups excluding carboxylic acids is 1. The van der Waals surface area contributed by atoms with Gasteiger partial charge in [0.2, 0.25) is 5.91 Å². The van der Waals surface area contributed by atoms with Gasteiger partial charge in [-0.1, -0.05) is 43.3 Å². The number of thiophene rings is 1. The van der Waals surface area contributed by atoms with Crippen LogP contribution >= 0.6 is 11.3 Å². The highest BCUT2D eigenvalue weighted by Crippen LogP contribution is 2.21. The van der Waals surface area contributed by atoms with Gasteiger partial charge < -0.3 is 5.32 Å². The van der Waals surface area contributed by atoms with Crippen LogP contribution < -0.4 is 16.6 Å². The Morgan fingerprint density at radius 3 is 2.48 bits per heavy atom. The largest absolute Gasteiger partial charge is 0.332 e. The van der Waals surface area contributed by atoms with Gasteiger partial charge >= 0.3 is 5.69 Å². The third-order valence-electron chi connectivity index (χ3n) is 6.05. The number of amides is 1. The van der Waals surface area contributed by atoms with E-state index in [9.17, 15) is 14.4 Å². The highest BCUT2D eigenvalue weighted by molar-refractivity contribution is 7.17. The minimum atomic E-state index is -0.486. The molecule has 6 nitrogen and oxygen atoms in total. The predicted molar refractivity (Wildman–Crippen MR) is 135 cm³/mol. The molecule has 2 heterocycles. The molecule has 0 aliphatic rings. The van der Waals surface area contributed by atoms with Crippen molar-refractivity contribution in [2.24, 2.45) is 0 Å². The van der Waals surface area contributed by atoms with Gasteiger partial charge in [-0.2, -0.15) is 0 Å². The first kappa shape index (κ1) is 22.7. The third kappa shape index (κ3) is 4.41. The molecule has 4 aromatic rings. The molecular weight excluding hydrogens is 434 g/mol. The molecule has 0 atom stereocenters. The van der Waals surface area contributed by atoms with Crippen molar-refractivity contribution in [2.45, 2.75) is 47.2 Å². The van der Waals surface area contributed by atoms with Gasteiger partial charge in [0.1, 0.15) is 11.2 Å². The monoisotopic (exact) mass is 461 g/mol. The lowest BCUT2D eigenvalue weighted by Gasteiger charge is -2.15. The van der Waals surface area contributed by atoms with Gasteiger partial charge in [0, 0.05) is 5.69 Å². The van der Waals surface area contributed by atoms with Crippen LogP contribution in [0.25, 0.3) is 10.2 Å². The molecule has 0 aliphatic heterocycles. The second-order valence-electron chi connectivity index (χ2n) is 8.32. The fourth-order valence-corrected chi connectivity index (χ4v) is 4.88. The second kappa shape index (κ2) is 9.19. The Morgan fingerprint density at radius 1 is 0.970 bits per heavy atom. The van der Waals surface area contributed by atoms with E-state index in [2.05, 4.69) is 5.32 Å². The maximum atomic E-state index is 13.4. The number of fused-ring (bicyclic) bond motifs is 1. The van der Waals surface area contributed by atoms with E-state index in [1.807, 2.05) is 64.1 Å². The number of hydrogen-bond donors (Lipinski definition) is 1. The number of rotatable bonds is 6. The number of anilines is 1. The molecule has 2 aromatic carbocycles. The van der Waals surface area contributed by atoms with Crippen LogP contribution in [0.15, 0.2) is 57.4 Å². The van der Waals surface area contributed by atoms with Gasteiger partial charge in [0.15, 0.2) is 0 Å². The molecule has 33 heavy (non-hydrogen) atoms. The van der Waals surface area contributed by atoms with Crippen molar-refractivity contribution in [1.29, 1.82) is 0 Å². The Kier molecular flexibility index (Phi) is 6.33. The molecule has 7 heteroatoms. The fraction of sp³-hybridized carbons (Fsp3) is 0.269. The van der Waals surface area contributed by atoms with Crippen LogP contribution in [0.3, 0.4) is 0 Å². The summed E-state index contributed by atoms with van der Waals surface area (Å²) in [6, 6.07) is 13.5. The molecule has 170 valence electrons. The second-order valence-corrected chi connectivity index (χ2v) is 9.24. The number of nitrogens with zero attached hydrogens (tertiary/aromatic N) is 2. The average Bonchev–Trinajstić information content (AvgIpc) is 3.28. The van der Waals surface area contributed by atoms with E-state index < -0.39 is 5.69 Å². The van der Waals surface area contributed by atoms with E-state index in [-0.39, 0.29) is 24.6 Å². The van der Waals surface area contributed by atoms with Crippen molar-refractivity contribution in [2.75, 3.05) is 5.32 Å². The van der Waals surface area contributed by atoms with E-state index in [0.717, 1.165) is 39.9 Å². The maximum absolute atomic E-state index is 13.4. The Labute approximate surface area is 196 Å². The van der Waals surface area contributed by atoms with Crippen molar-refractivity contribution >= 4 is 33.1 Å². The SMILES string of the molecule is CCc1cccc(C)c1NC(=O)Cn1c(=O)n(Cc2ccc(C)c(C)c2)c(=O)c2sccc21. The predicted octanol–water partition coefficient (Wildman–Crippen LogP) is 4.40. The topological polar surface area (TPSA) is 73.1 Å². The summed E-state index contributed by atoms with van der Waals surface area (Å²) < 4.78 is 3.09. The van der Waals surface area contributed by atoms with Crippen LogP contribution in [0.1, 0.15) is 34.7 Å². The zero-order chi connectivity index (χ0) is 23.7. The average molecular weight is 462 g/mol. The van der Waals surface area contributed by atoms with Gasteiger partial charge in [-0.3, -0.25) is 18.7 Å². The van der Waals surface area contributed by atoms with Gasteiger partial charge in [-0.05, 0) is 66.5 Å². The molecule has 0 unspecified atom stereocenters. The summed E-state index contributed by atoms with van der Waals surface area (Å²) in [5.41, 5.74) is 5.58. The number of benzene rings is 2. The summed E-state index contributed by atoms with van der Waals surface area (Å²) in [5.74, 6) is -0.301. The van der Waals surface area contributed by atoms with E-state index in [4.69, 9.17) is 0 Å². The number of aromatic nitrogens is 2. The van der Waals surface area contributed by atoms with Crippen LogP contribution in [0.2, 0.25) is 0 Å². The lowest BCUT2D eigenvalue weighted by molar-refractivity contribution is -0.116. The van der Waals surface area contributed by atoms with Gasteiger partial charge in [-0.15, -0.1) is 11.3 Å². The first-order chi connectivity index (χ1) is 15.8. The zero-order valence-electron chi connectivity index (χ0n) is 19.3. The van der Waals surface area contributed by atoms with E-state index >= 15 is 0 Å². The summed E-state index contributed by atoms with van der Waals surface area (Å²) in [5, 5.41) is 4.75. The van der Waals surface area contributed by atoms with Crippen molar-refractivity contribution < 1.29 is 4.79 Å². The third-order valence-corrected chi connectivity index (χ3v) is 6.95. The minimum absolute atomic E-state index is 0.159. The highest BCUT2D eigenvalue weighted by Gasteiger charge is 2.18. The summed E-state index contributed by atoms with van der Waals surface area (Å²) in [6.45, 7) is 7.99. The number of hydrogen-bond acceptors (Lipinski definition) is 4.